The molecule has 1 aromatic carbocycles. The van der Waals surface area contributed by atoms with Gasteiger partial charge >= 0.3 is 0 Å². The predicted molar refractivity (Wildman–Crippen MR) is 65.8 cm³/mol. The smallest absolute Gasteiger partial charge is 0.251 e. The average molecular weight is 232 g/mol. The van der Waals surface area contributed by atoms with Crippen LogP contribution < -0.4 is 10.6 Å². The fourth-order valence-electron chi connectivity index (χ4n) is 1.57. The maximum atomic E-state index is 11.7. The molecule has 4 nitrogen and oxygen atoms in total. The standard InChI is InChI=1S/C13H16N2O2/c1-9(16)15-12-6-4-11(5-7-12)13(17)14-8-10-2-3-10/h4-7,10H,2-3,8H2,1H3,(H,14,17)(H,15,16). The first-order valence-electron chi connectivity index (χ1n) is 5.81. The van der Waals surface area contributed by atoms with E-state index >= 15 is 0 Å². The Hall–Kier alpha value is -1.84. The molecule has 1 aromatic rings. The summed E-state index contributed by atoms with van der Waals surface area (Å²) in [7, 11) is 0. The summed E-state index contributed by atoms with van der Waals surface area (Å²) in [5, 5.41) is 5.56. The second-order valence-electron chi connectivity index (χ2n) is 4.41. The second kappa shape index (κ2) is 4.99. The highest BCUT2D eigenvalue weighted by molar-refractivity contribution is 5.95. The Morgan fingerprint density at radius 2 is 1.88 bits per heavy atom. The van der Waals surface area contributed by atoms with Crippen LogP contribution in [0.3, 0.4) is 0 Å². The van der Waals surface area contributed by atoms with E-state index in [2.05, 4.69) is 10.6 Å². The maximum absolute atomic E-state index is 11.7. The maximum Gasteiger partial charge on any atom is 0.251 e. The van der Waals surface area contributed by atoms with E-state index in [1.165, 1.54) is 19.8 Å². The average Bonchev–Trinajstić information content (AvgIpc) is 3.10. The monoisotopic (exact) mass is 232 g/mol. The van der Waals surface area contributed by atoms with Gasteiger partial charge in [-0.2, -0.15) is 0 Å². The summed E-state index contributed by atoms with van der Waals surface area (Å²) in [5.74, 6) is 0.514. The third-order valence-corrected chi connectivity index (χ3v) is 2.72. The van der Waals surface area contributed by atoms with Gasteiger partial charge in [-0.3, -0.25) is 9.59 Å². The van der Waals surface area contributed by atoms with Gasteiger partial charge in [0.05, 0.1) is 0 Å². The molecule has 0 spiro atoms. The van der Waals surface area contributed by atoms with E-state index in [4.69, 9.17) is 0 Å². The highest BCUT2D eigenvalue weighted by atomic mass is 16.2. The van der Waals surface area contributed by atoms with Crippen molar-refractivity contribution in [3.05, 3.63) is 29.8 Å². The minimum absolute atomic E-state index is 0.0497. The molecule has 1 saturated carbocycles. The molecule has 90 valence electrons. The number of hydrogen-bond acceptors (Lipinski definition) is 2. The molecule has 0 aliphatic heterocycles. The molecule has 0 heterocycles. The van der Waals surface area contributed by atoms with E-state index < -0.39 is 0 Å². The molecule has 1 fully saturated rings. The molecule has 2 rings (SSSR count). The van der Waals surface area contributed by atoms with Crippen LogP contribution in [0.2, 0.25) is 0 Å². The summed E-state index contributed by atoms with van der Waals surface area (Å²) in [4.78, 5) is 22.5. The Morgan fingerprint density at radius 3 is 2.41 bits per heavy atom. The lowest BCUT2D eigenvalue weighted by atomic mass is 10.2. The highest BCUT2D eigenvalue weighted by Crippen LogP contribution is 2.27. The zero-order valence-electron chi connectivity index (χ0n) is 9.82. The lowest BCUT2D eigenvalue weighted by molar-refractivity contribution is -0.114. The predicted octanol–water partition coefficient (Wildman–Crippen LogP) is 1.78. The third kappa shape index (κ3) is 3.59. The third-order valence-electron chi connectivity index (χ3n) is 2.72. The molecule has 0 unspecified atom stereocenters. The lowest BCUT2D eigenvalue weighted by Gasteiger charge is -2.05. The van der Waals surface area contributed by atoms with Gasteiger partial charge in [-0.05, 0) is 43.0 Å². The first-order chi connectivity index (χ1) is 8.15. The minimum atomic E-state index is -0.115. The van der Waals surface area contributed by atoms with E-state index in [-0.39, 0.29) is 11.8 Å². The Bertz CT molecular complexity index is 422. The van der Waals surface area contributed by atoms with Crippen molar-refractivity contribution >= 4 is 17.5 Å². The van der Waals surface area contributed by atoms with E-state index in [1.807, 2.05) is 0 Å². The van der Waals surface area contributed by atoms with Gasteiger partial charge in [0.15, 0.2) is 0 Å². The van der Waals surface area contributed by atoms with Crippen LogP contribution in [0.1, 0.15) is 30.1 Å². The number of amides is 2. The largest absolute Gasteiger partial charge is 0.352 e. The number of nitrogens with one attached hydrogen (secondary N) is 2. The normalized spacial score (nSPS) is 14.2. The Kier molecular flexibility index (Phi) is 3.42. The number of carbonyl (C=O) groups excluding carboxylic acids is 2. The molecule has 17 heavy (non-hydrogen) atoms. The van der Waals surface area contributed by atoms with Crippen LogP contribution in [-0.2, 0) is 4.79 Å². The van der Waals surface area contributed by atoms with Crippen LogP contribution in [-0.4, -0.2) is 18.4 Å². The van der Waals surface area contributed by atoms with Gasteiger partial charge < -0.3 is 10.6 Å². The van der Waals surface area contributed by atoms with Crippen LogP contribution in [0.25, 0.3) is 0 Å². The van der Waals surface area contributed by atoms with Gasteiger partial charge in [0.25, 0.3) is 5.91 Å². The zero-order valence-corrected chi connectivity index (χ0v) is 9.82. The number of carbonyl (C=O) groups is 2. The summed E-state index contributed by atoms with van der Waals surface area (Å²) < 4.78 is 0. The number of benzene rings is 1. The first kappa shape index (κ1) is 11.6. The van der Waals surface area contributed by atoms with Crippen molar-refractivity contribution in [1.82, 2.24) is 5.32 Å². The van der Waals surface area contributed by atoms with Gasteiger partial charge in [0.2, 0.25) is 5.91 Å². The SMILES string of the molecule is CC(=O)Nc1ccc(C(=O)NCC2CC2)cc1. The number of hydrogen-bond donors (Lipinski definition) is 2. The lowest BCUT2D eigenvalue weighted by Crippen LogP contribution is -2.25. The van der Waals surface area contributed by atoms with Gasteiger partial charge in [-0.1, -0.05) is 0 Å². The molecule has 1 aliphatic carbocycles. The first-order valence-corrected chi connectivity index (χ1v) is 5.81. The van der Waals surface area contributed by atoms with Gasteiger partial charge in [-0.15, -0.1) is 0 Å². The van der Waals surface area contributed by atoms with E-state index in [1.54, 1.807) is 24.3 Å². The summed E-state index contributed by atoms with van der Waals surface area (Å²) in [5.41, 5.74) is 1.33. The molecule has 0 saturated heterocycles. The molecule has 2 amide bonds. The molecule has 2 N–H and O–H groups in total. The topological polar surface area (TPSA) is 58.2 Å². The van der Waals surface area contributed by atoms with Crippen LogP contribution in [0.5, 0.6) is 0 Å². The Balaban J connectivity index is 1.91. The molecule has 0 radical (unpaired) electrons. The van der Waals surface area contributed by atoms with Crippen molar-refractivity contribution < 1.29 is 9.59 Å². The molecular formula is C13H16N2O2. The van der Waals surface area contributed by atoms with Gasteiger partial charge in [-0.25, -0.2) is 0 Å². The summed E-state index contributed by atoms with van der Waals surface area (Å²) in [6.45, 7) is 2.22. The van der Waals surface area contributed by atoms with Crippen molar-refractivity contribution in [1.29, 1.82) is 0 Å². The van der Waals surface area contributed by atoms with E-state index in [0.717, 1.165) is 6.54 Å². The van der Waals surface area contributed by atoms with Crippen molar-refractivity contribution in [2.24, 2.45) is 5.92 Å². The molecule has 0 bridgehead atoms. The Morgan fingerprint density at radius 1 is 1.24 bits per heavy atom. The molecule has 0 atom stereocenters. The summed E-state index contributed by atoms with van der Waals surface area (Å²) in [6, 6.07) is 6.89. The van der Waals surface area contributed by atoms with E-state index in [9.17, 15) is 9.59 Å². The molecular weight excluding hydrogens is 216 g/mol. The fourth-order valence-corrected chi connectivity index (χ4v) is 1.57. The summed E-state index contributed by atoms with van der Waals surface area (Å²) in [6.07, 6.45) is 2.45. The van der Waals surface area contributed by atoms with Crippen molar-refractivity contribution in [2.45, 2.75) is 19.8 Å². The minimum Gasteiger partial charge on any atom is -0.352 e. The van der Waals surface area contributed by atoms with Crippen LogP contribution in [0.4, 0.5) is 5.69 Å². The summed E-state index contributed by atoms with van der Waals surface area (Å²) >= 11 is 0. The van der Waals surface area contributed by atoms with Crippen molar-refractivity contribution in [3.63, 3.8) is 0 Å². The van der Waals surface area contributed by atoms with Crippen LogP contribution in [0.15, 0.2) is 24.3 Å². The number of rotatable bonds is 4. The number of anilines is 1. The van der Waals surface area contributed by atoms with Crippen molar-refractivity contribution in [2.75, 3.05) is 11.9 Å². The van der Waals surface area contributed by atoms with Gasteiger partial charge in [0, 0.05) is 24.7 Å². The second-order valence-corrected chi connectivity index (χ2v) is 4.41. The molecule has 0 aromatic heterocycles. The van der Waals surface area contributed by atoms with Crippen molar-refractivity contribution in [3.8, 4) is 0 Å². The van der Waals surface area contributed by atoms with E-state index in [0.29, 0.717) is 17.2 Å². The zero-order chi connectivity index (χ0) is 12.3. The van der Waals surface area contributed by atoms with Gasteiger partial charge in [0.1, 0.15) is 0 Å². The highest BCUT2D eigenvalue weighted by Gasteiger charge is 2.21. The van der Waals surface area contributed by atoms with Crippen LogP contribution in [0, 0.1) is 5.92 Å². The fraction of sp³-hybridized carbons (Fsp3) is 0.385. The Labute approximate surface area is 100 Å². The van der Waals surface area contributed by atoms with Crippen LogP contribution >= 0.6 is 0 Å². The molecule has 1 aliphatic rings. The molecule has 4 heteroatoms. The quantitative estimate of drug-likeness (QED) is 0.831.